The zero-order valence-corrected chi connectivity index (χ0v) is 41.6. The molecule has 2 atom stereocenters. The lowest BCUT2D eigenvalue weighted by Gasteiger charge is -2.13. The van der Waals surface area contributed by atoms with Gasteiger partial charge in [-0.25, -0.2) is 9.18 Å². The molecule has 0 bridgehead atoms. The number of hydrogen-bond acceptors (Lipinski definition) is 10. The van der Waals surface area contributed by atoms with E-state index in [1.807, 2.05) is 40.9 Å². The van der Waals surface area contributed by atoms with E-state index in [-0.39, 0.29) is 23.9 Å². The van der Waals surface area contributed by atoms with Crippen molar-refractivity contribution in [1.29, 1.82) is 0 Å². The van der Waals surface area contributed by atoms with E-state index in [1.165, 1.54) is 118 Å². The summed E-state index contributed by atoms with van der Waals surface area (Å²) in [5.41, 5.74) is 2.58. The van der Waals surface area contributed by atoms with Crippen molar-refractivity contribution in [3.8, 4) is 30.6 Å². The number of ether oxygens (including phenoxy) is 2. The lowest BCUT2D eigenvalue weighted by molar-refractivity contribution is -0.143. The molecule has 0 aliphatic rings. The molecule has 0 saturated heterocycles. The summed E-state index contributed by atoms with van der Waals surface area (Å²) in [6, 6.07) is 14.1. The van der Waals surface area contributed by atoms with Gasteiger partial charge in [0.2, 0.25) is 0 Å². The number of halogens is 1. The van der Waals surface area contributed by atoms with Gasteiger partial charge in [-0.3, -0.25) is 4.79 Å². The van der Waals surface area contributed by atoms with Gasteiger partial charge in [-0.1, -0.05) is 79.1 Å². The Morgan fingerprint density at radius 3 is 1.85 bits per heavy atom. The number of fused-ring (bicyclic) bond motifs is 3. The van der Waals surface area contributed by atoms with E-state index >= 15 is 4.39 Å². The first-order valence-corrected chi connectivity index (χ1v) is 27.2. The normalized spacial score (nSPS) is 12.9. The molecular weight excluding hydrogens is 876 g/mol. The number of carbonyl (C=O) groups is 2. The summed E-state index contributed by atoms with van der Waals surface area (Å²) in [6.45, 7) is 15.7. The van der Waals surface area contributed by atoms with Crippen LogP contribution in [0.2, 0.25) is 0 Å². The fraction of sp³-hybridized carbons (Fsp3) is 0.480. The number of hydrogen-bond donors (Lipinski definition) is 0. The van der Waals surface area contributed by atoms with Gasteiger partial charge in [0.05, 0.1) is 22.8 Å². The van der Waals surface area contributed by atoms with Gasteiger partial charge in [-0.15, -0.1) is 68.0 Å². The van der Waals surface area contributed by atoms with Gasteiger partial charge in [0.15, 0.2) is 5.82 Å². The highest BCUT2D eigenvalue weighted by Crippen LogP contribution is 2.55. The first-order valence-electron chi connectivity index (χ1n) is 22.3. The summed E-state index contributed by atoms with van der Waals surface area (Å²) in [4.78, 5) is 34.7. The predicted molar refractivity (Wildman–Crippen MR) is 267 cm³/mol. The van der Waals surface area contributed by atoms with Crippen LogP contribution in [-0.2, 0) is 27.1 Å². The molecule has 0 saturated carbocycles. The van der Waals surface area contributed by atoms with E-state index in [4.69, 9.17) is 9.47 Å². The molecule has 0 amide bonds. The van der Waals surface area contributed by atoms with E-state index in [2.05, 4.69) is 71.0 Å². The van der Waals surface area contributed by atoms with E-state index in [9.17, 15) is 9.59 Å². The standard InChI is InChI=1S/C50H59FO4S6/c1-8-13-17-31(10-3)26-33-20-22-37(58-33)41-35-25-29(6)56-46(35)42(38-23-21-34(59-38)27-32(11-4)18-14-9-2)36-28-39(60-47(36)41)48-43-44(51)49(61-45(43)30(7)57-48)50(53)55-24-16-15-19-40(52)54-12-5/h20-23,25,28,31-32H,8-19,24,26-27H2,1-7H3. The van der Waals surface area contributed by atoms with Crippen LogP contribution in [0.5, 0.6) is 0 Å². The highest BCUT2D eigenvalue weighted by Gasteiger charge is 2.29. The van der Waals surface area contributed by atoms with Crippen molar-refractivity contribution in [2.45, 2.75) is 132 Å². The molecule has 4 nitrogen and oxygen atoms in total. The van der Waals surface area contributed by atoms with Gasteiger partial charge in [-0.2, -0.15) is 0 Å². The minimum absolute atomic E-state index is 0.0110. The number of aryl methyl sites for hydroxylation is 2. The SMILES string of the molecule is CCCCC(CC)Cc1ccc(-c2c3cc(-c4sc(C)c5sc(C(=O)OCCCCC(=O)OCC)c(F)c45)sc3c(-c3ccc(CC(CC)CCCC)s3)c3cc(C)sc23)s1. The second kappa shape index (κ2) is 21.2. The Hall–Kier alpha value is -2.93. The third-order valence-electron chi connectivity index (χ3n) is 11.8. The summed E-state index contributed by atoms with van der Waals surface area (Å²) in [7, 11) is 0. The fourth-order valence-electron chi connectivity index (χ4n) is 8.45. The van der Waals surface area contributed by atoms with Crippen LogP contribution in [-0.4, -0.2) is 25.2 Å². The van der Waals surface area contributed by atoms with Crippen LogP contribution in [0.25, 0.3) is 60.9 Å². The zero-order valence-electron chi connectivity index (χ0n) is 36.7. The topological polar surface area (TPSA) is 52.6 Å². The van der Waals surface area contributed by atoms with Gasteiger partial charge in [0.25, 0.3) is 0 Å². The van der Waals surface area contributed by atoms with E-state index < -0.39 is 11.8 Å². The zero-order chi connectivity index (χ0) is 43.2. The summed E-state index contributed by atoms with van der Waals surface area (Å²) < 4.78 is 30.6. The number of carbonyl (C=O) groups excluding carboxylic acids is 2. The van der Waals surface area contributed by atoms with Gasteiger partial charge in [-0.05, 0) is 94.7 Å². The van der Waals surface area contributed by atoms with Crippen molar-refractivity contribution in [3.63, 3.8) is 0 Å². The maximum Gasteiger partial charge on any atom is 0.351 e. The largest absolute Gasteiger partial charge is 0.466 e. The Balaban J connectivity index is 1.32. The lowest BCUT2D eigenvalue weighted by atomic mass is 9.95. The monoisotopic (exact) mass is 934 g/mol. The number of esters is 2. The van der Waals surface area contributed by atoms with E-state index in [1.54, 1.807) is 29.6 Å². The first-order chi connectivity index (χ1) is 29.6. The smallest absolute Gasteiger partial charge is 0.351 e. The van der Waals surface area contributed by atoms with Gasteiger partial charge < -0.3 is 9.47 Å². The molecule has 0 aliphatic heterocycles. The van der Waals surface area contributed by atoms with Crippen molar-refractivity contribution < 1.29 is 23.5 Å². The van der Waals surface area contributed by atoms with Crippen molar-refractivity contribution in [1.82, 2.24) is 0 Å². The molecule has 0 fully saturated rings. The molecule has 0 N–H and O–H groups in total. The van der Waals surface area contributed by atoms with Crippen LogP contribution < -0.4 is 0 Å². The highest BCUT2D eigenvalue weighted by molar-refractivity contribution is 7.31. The van der Waals surface area contributed by atoms with Gasteiger partial charge in [0.1, 0.15) is 4.88 Å². The minimum Gasteiger partial charge on any atom is -0.466 e. The molecule has 326 valence electrons. The third kappa shape index (κ3) is 10.2. The molecule has 0 radical (unpaired) electrons. The van der Waals surface area contributed by atoms with Crippen LogP contribution in [0.1, 0.15) is 134 Å². The average Bonchev–Trinajstić information content (AvgIpc) is 4.11. The number of benzene rings is 1. The Morgan fingerprint density at radius 2 is 1.26 bits per heavy atom. The van der Waals surface area contributed by atoms with E-state index in [0.717, 1.165) is 32.2 Å². The molecule has 0 aliphatic carbocycles. The van der Waals surface area contributed by atoms with Crippen molar-refractivity contribution in [2.75, 3.05) is 13.2 Å². The van der Waals surface area contributed by atoms with Crippen LogP contribution in [0.4, 0.5) is 4.39 Å². The Morgan fingerprint density at radius 1 is 0.656 bits per heavy atom. The fourth-order valence-corrected chi connectivity index (χ4v) is 15.7. The molecule has 1 aromatic carbocycles. The van der Waals surface area contributed by atoms with Gasteiger partial charge in [0, 0.05) is 77.2 Å². The lowest BCUT2D eigenvalue weighted by Crippen LogP contribution is -2.08. The molecule has 61 heavy (non-hydrogen) atoms. The minimum atomic E-state index is -0.649. The molecule has 7 aromatic rings. The number of rotatable bonds is 22. The van der Waals surface area contributed by atoms with E-state index in [0.29, 0.717) is 36.7 Å². The second-order valence-corrected chi connectivity index (χ2v) is 23.2. The quantitative estimate of drug-likeness (QED) is 0.0502. The van der Waals surface area contributed by atoms with Crippen LogP contribution >= 0.6 is 68.0 Å². The molecular formula is C50H59FO4S6. The molecule has 6 aromatic heterocycles. The average molecular weight is 935 g/mol. The Kier molecular flexibility index (Phi) is 16.0. The Labute approximate surface area is 385 Å². The molecule has 6 heterocycles. The summed E-state index contributed by atoms with van der Waals surface area (Å²) >= 11 is 10.3. The summed E-state index contributed by atoms with van der Waals surface area (Å²) in [6.07, 6.45) is 13.5. The Bertz CT molecular complexity index is 2480. The number of unbranched alkanes of at least 4 members (excludes halogenated alkanes) is 3. The predicted octanol–water partition coefficient (Wildman–Crippen LogP) is 17.7. The molecule has 2 unspecified atom stereocenters. The van der Waals surface area contributed by atoms with Crippen molar-refractivity contribution in [3.05, 3.63) is 66.6 Å². The first kappa shape index (κ1) is 46.1. The maximum atomic E-state index is 16.7. The maximum absolute atomic E-state index is 16.7. The van der Waals surface area contributed by atoms with Gasteiger partial charge >= 0.3 is 11.9 Å². The highest BCUT2D eigenvalue weighted by atomic mass is 32.1. The van der Waals surface area contributed by atoms with Crippen molar-refractivity contribution in [2.24, 2.45) is 11.8 Å². The molecule has 7 rings (SSSR count). The summed E-state index contributed by atoms with van der Waals surface area (Å²) in [5.74, 6) is -0.0302. The number of thiophene rings is 6. The molecule has 0 spiro atoms. The molecule has 11 heteroatoms. The van der Waals surface area contributed by atoms with Crippen LogP contribution in [0.3, 0.4) is 0 Å². The second-order valence-electron chi connectivity index (χ2n) is 16.3. The van der Waals surface area contributed by atoms with Crippen molar-refractivity contribution >= 4 is 110 Å². The van der Waals surface area contributed by atoms with Crippen LogP contribution in [0, 0.1) is 31.5 Å². The van der Waals surface area contributed by atoms with Crippen LogP contribution in [0.15, 0.2) is 36.4 Å². The third-order valence-corrected chi connectivity index (χ3v) is 19.0. The summed E-state index contributed by atoms with van der Waals surface area (Å²) in [5, 5.41) is 3.04.